The van der Waals surface area contributed by atoms with E-state index in [9.17, 15) is 9.59 Å². The summed E-state index contributed by atoms with van der Waals surface area (Å²) in [5, 5.41) is 8.54. The number of Topliss-reactive ketones (excluding diaryl/α,β-unsaturated/α-hetero) is 1. The van der Waals surface area contributed by atoms with Crippen molar-refractivity contribution in [1.82, 2.24) is 0 Å². The molecule has 0 aromatic heterocycles. The highest BCUT2D eigenvalue weighted by molar-refractivity contribution is 9.10. The zero-order chi connectivity index (χ0) is 11.4. The average molecular weight is 272 g/mol. The lowest BCUT2D eigenvalue weighted by Gasteiger charge is -2.05. The molecule has 1 rings (SSSR count). The van der Waals surface area contributed by atoms with Crippen molar-refractivity contribution in [2.24, 2.45) is 5.73 Å². The third kappa shape index (κ3) is 3.45. The highest BCUT2D eigenvalue weighted by Gasteiger charge is 2.17. The molecule has 0 saturated heterocycles. The molecule has 1 atom stereocenters. The molecule has 80 valence electrons. The first-order valence-electron chi connectivity index (χ1n) is 4.28. The predicted octanol–water partition coefficient (Wildman–Crippen LogP) is 1.43. The van der Waals surface area contributed by atoms with Gasteiger partial charge in [-0.3, -0.25) is 9.59 Å². The Bertz CT molecular complexity index is 375. The minimum Gasteiger partial charge on any atom is -0.480 e. The highest BCUT2D eigenvalue weighted by Crippen LogP contribution is 2.12. The summed E-state index contributed by atoms with van der Waals surface area (Å²) in [6.45, 7) is 0. The van der Waals surface area contributed by atoms with Crippen LogP contribution < -0.4 is 5.73 Å². The number of carboxylic acid groups (broad SMARTS) is 1. The van der Waals surface area contributed by atoms with E-state index < -0.39 is 12.0 Å². The van der Waals surface area contributed by atoms with E-state index in [4.69, 9.17) is 10.8 Å². The van der Waals surface area contributed by atoms with E-state index in [2.05, 4.69) is 15.9 Å². The maximum absolute atomic E-state index is 11.5. The average Bonchev–Trinajstić information content (AvgIpc) is 2.18. The van der Waals surface area contributed by atoms with Gasteiger partial charge in [0.25, 0.3) is 0 Å². The fourth-order valence-corrected chi connectivity index (χ4v) is 1.31. The minimum absolute atomic E-state index is 0.184. The van der Waals surface area contributed by atoms with Crippen molar-refractivity contribution < 1.29 is 14.7 Å². The maximum atomic E-state index is 11.5. The normalized spacial score (nSPS) is 12.1. The Morgan fingerprint density at radius 1 is 1.33 bits per heavy atom. The van der Waals surface area contributed by atoms with E-state index in [1.165, 1.54) is 0 Å². The van der Waals surface area contributed by atoms with Crippen LogP contribution in [0.4, 0.5) is 0 Å². The fourth-order valence-electron chi connectivity index (χ4n) is 1.04. The second kappa shape index (κ2) is 5.04. The molecule has 0 spiro atoms. The number of ketones is 1. The van der Waals surface area contributed by atoms with Gasteiger partial charge < -0.3 is 10.8 Å². The van der Waals surface area contributed by atoms with Crippen LogP contribution in [0, 0.1) is 0 Å². The van der Waals surface area contributed by atoms with Gasteiger partial charge in [0, 0.05) is 16.5 Å². The van der Waals surface area contributed by atoms with Gasteiger partial charge in [-0.1, -0.05) is 28.1 Å². The number of carboxylic acids is 1. The van der Waals surface area contributed by atoms with Crippen LogP contribution in [0.1, 0.15) is 16.8 Å². The quantitative estimate of drug-likeness (QED) is 0.812. The second-order valence-electron chi connectivity index (χ2n) is 3.08. The Morgan fingerprint density at radius 2 is 1.87 bits per heavy atom. The van der Waals surface area contributed by atoms with Gasteiger partial charge in [0.1, 0.15) is 6.04 Å². The lowest BCUT2D eigenvalue weighted by Crippen LogP contribution is -2.32. The summed E-state index contributed by atoms with van der Waals surface area (Å²) in [5.74, 6) is -1.43. The number of carbonyl (C=O) groups excluding carboxylic acids is 1. The van der Waals surface area contributed by atoms with Gasteiger partial charge in [0.2, 0.25) is 0 Å². The molecule has 0 aliphatic carbocycles. The molecular weight excluding hydrogens is 262 g/mol. The molecule has 4 nitrogen and oxygen atoms in total. The van der Waals surface area contributed by atoms with E-state index in [0.717, 1.165) is 4.47 Å². The molecular formula is C10H10BrNO3. The zero-order valence-electron chi connectivity index (χ0n) is 7.81. The van der Waals surface area contributed by atoms with Crippen molar-refractivity contribution in [2.75, 3.05) is 0 Å². The monoisotopic (exact) mass is 271 g/mol. The largest absolute Gasteiger partial charge is 0.480 e. The van der Waals surface area contributed by atoms with Crippen molar-refractivity contribution in [3.05, 3.63) is 34.3 Å². The number of benzene rings is 1. The van der Waals surface area contributed by atoms with Crippen LogP contribution >= 0.6 is 15.9 Å². The van der Waals surface area contributed by atoms with Crippen molar-refractivity contribution in [3.63, 3.8) is 0 Å². The number of hydrogen-bond acceptors (Lipinski definition) is 3. The Morgan fingerprint density at radius 3 is 2.33 bits per heavy atom. The molecule has 1 aromatic carbocycles. The van der Waals surface area contributed by atoms with Crippen LogP contribution in [-0.4, -0.2) is 22.9 Å². The summed E-state index contributed by atoms with van der Waals surface area (Å²) in [6.07, 6.45) is -0.184. The molecule has 0 heterocycles. The topological polar surface area (TPSA) is 80.4 Å². The van der Waals surface area contributed by atoms with Gasteiger partial charge in [0.15, 0.2) is 5.78 Å². The van der Waals surface area contributed by atoms with Gasteiger partial charge >= 0.3 is 5.97 Å². The first-order valence-corrected chi connectivity index (χ1v) is 5.07. The molecule has 0 bridgehead atoms. The van der Waals surface area contributed by atoms with E-state index in [0.29, 0.717) is 5.56 Å². The van der Waals surface area contributed by atoms with Crippen LogP contribution in [0.5, 0.6) is 0 Å². The van der Waals surface area contributed by atoms with Gasteiger partial charge in [0.05, 0.1) is 0 Å². The number of nitrogens with two attached hydrogens (primary N) is 1. The number of halogens is 1. The third-order valence-electron chi connectivity index (χ3n) is 1.89. The molecule has 0 radical (unpaired) electrons. The first kappa shape index (κ1) is 11.9. The van der Waals surface area contributed by atoms with Crippen LogP contribution in [-0.2, 0) is 4.79 Å². The molecule has 1 unspecified atom stereocenters. The second-order valence-corrected chi connectivity index (χ2v) is 3.99. The Kier molecular flexibility index (Phi) is 3.99. The molecule has 3 N–H and O–H groups in total. The molecule has 0 amide bonds. The van der Waals surface area contributed by atoms with E-state index in [-0.39, 0.29) is 12.2 Å². The molecule has 0 saturated carbocycles. The van der Waals surface area contributed by atoms with Crippen LogP contribution in [0.2, 0.25) is 0 Å². The summed E-state index contributed by atoms with van der Waals surface area (Å²) in [6, 6.07) is 5.56. The van der Waals surface area contributed by atoms with Gasteiger partial charge in [-0.15, -0.1) is 0 Å². The summed E-state index contributed by atoms with van der Waals surface area (Å²) in [4.78, 5) is 21.9. The van der Waals surface area contributed by atoms with E-state index in [1.54, 1.807) is 24.3 Å². The highest BCUT2D eigenvalue weighted by atomic mass is 79.9. The number of rotatable bonds is 4. The molecule has 0 fully saturated rings. The first-order chi connectivity index (χ1) is 7.00. The van der Waals surface area contributed by atoms with Crippen molar-refractivity contribution in [1.29, 1.82) is 0 Å². The predicted molar refractivity (Wildman–Crippen MR) is 58.7 cm³/mol. The van der Waals surface area contributed by atoms with Gasteiger partial charge in [-0.05, 0) is 12.1 Å². The lowest BCUT2D eigenvalue weighted by atomic mass is 10.0. The molecule has 5 heteroatoms. The van der Waals surface area contributed by atoms with E-state index in [1.807, 2.05) is 0 Å². The molecule has 0 aliphatic heterocycles. The van der Waals surface area contributed by atoms with Crippen LogP contribution in [0.25, 0.3) is 0 Å². The molecule has 15 heavy (non-hydrogen) atoms. The SMILES string of the molecule is NC(CC(=O)c1ccc(Br)cc1)C(=O)O. The van der Waals surface area contributed by atoms with Crippen molar-refractivity contribution in [3.8, 4) is 0 Å². The van der Waals surface area contributed by atoms with Crippen molar-refractivity contribution >= 4 is 27.7 Å². The maximum Gasteiger partial charge on any atom is 0.320 e. The third-order valence-corrected chi connectivity index (χ3v) is 2.42. The zero-order valence-corrected chi connectivity index (χ0v) is 9.40. The summed E-state index contributed by atoms with van der Waals surface area (Å²) >= 11 is 3.24. The van der Waals surface area contributed by atoms with Gasteiger partial charge in [-0.25, -0.2) is 0 Å². The van der Waals surface area contributed by atoms with Crippen LogP contribution in [0.15, 0.2) is 28.7 Å². The Balaban J connectivity index is 2.69. The van der Waals surface area contributed by atoms with Crippen LogP contribution in [0.3, 0.4) is 0 Å². The number of hydrogen-bond donors (Lipinski definition) is 2. The summed E-state index contributed by atoms with van der Waals surface area (Å²) < 4.78 is 0.863. The fraction of sp³-hybridized carbons (Fsp3) is 0.200. The summed E-state index contributed by atoms with van der Waals surface area (Å²) in [5.41, 5.74) is 5.72. The number of carbonyl (C=O) groups is 2. The van der Waals surface area contributed by atoms with Crippen molar-refractivity contribution in [2.45, 2.75) is 12.5 Å². The Labute approximate surface area is 95.2 Å². The number of aliphatic carboxylic acids is 1. The molecule has 1 aromatic rings. The smallest absolute Gasteiger partial charge is 0.320 e. The standard InChI is InChI=1S/C10H10BrNO3/c11-7-3-1-6(2-4-7)9(13)5-8(12)10(14)15/h1-4,8H,5,12H2,(H,14,15). The summed E-state index contributed by atoms with van der Waals surface area (Å²) in [7, 11) is 0. The molecule has 0 aliphatic rings. The van der Waals surface area contributed by atoms with Gasteiger partial charge in [-0.2, -0.15) is 0 Å². The lowest BCUT2D eigenvalue weighted by molar-refractivity contribution is -0.138. The van der Waals surface area contributed by atoms with E-state index >= 15 is 0 Å². The Hall–Kier alpha value is -1.20. The minimum atomic E-state index is -1.17.